The molecule has 0 spiro atoms. The average Bonchev–Trinajstić information content (AvgIpc) is 2.57. The summed E-state index contributed by atoms with van der Waals surface area (Å²) in [6.45, 7) is 11.5. The van der Waals surface area contributed by atoms with Gasteiger partial charge in [-0.1, -0.05) is 22.5 Å². The van der Waals surface area contributed by atoms with Crippen LogP contribution in [0, 0.1) is 0 Å². The van der Waals surface area contributed by atoms with Gasteiger partial charge in [0.1, 0.15) is 0 Å². The first-order valence-corrected chi connectivity index (χ1v) is 7.53. The molecule has 1 heterocycles. The standard InChI is InChI=1S/C15H19BBrNO3/c1-6-13(19)18-12-8-10(7-11(17)9-12)16-20-14(2,3)15(4,5)21-16/h6-9H,1H2,2-5H3,(H,18,19). The molecule has 1 aromatic rings. The predicted molar refractivity (Wildman–Crippen MR) is 88.7 cm³/mol. The third-order valence-electron chi connectivity index (χ3n) is 3.90. The number of carbonyl (C=O) groups is 1. The van der Waals surface area contributed by atoms with Gasteiger partial charge in [0.25, 0.3) is 0 Å². The maximum absolute atomic E-state index is 11.4. The number of hydrogen-bond acceptors (Lipinski definition) is 3. The van der Waals surface area contributed by atoms with Crippen molar-refractivity contribution in [3.8, 4) is 0 Å². The molecule has 1 aromatic carbocycles. The normalized spacial score (nSPS) is 19.4. The van der Waals surface area contributed by atoms with Crippen molar-refractivity contribution in [1.82, 2.24) is 0 Å². The molecule has 1 N–H and O–H groups in total. The summed E-state index contributed by atoms with van der Waals surface area (Å²) >= 11 is 3.44. The molecule has 0 bridgehead atoms. The largest absolute Gasteiger partial charge is 0.494 e. The maximum atomic E-state index is 11.4. The molecule has 1 amide bonds. The number of nitrogens with one attached hydrogen (secondary N) is 1. The zero-order valence-electron chi connectivity index (χ0n) is 12.7. The number of amides is 1. The van der Waals surface area contributed by atoms with Crippen LogP contribution >= 0.6 is 15.9 Å². The lowest BCUT2D eigenvalue weighted by Crippen LogP contribution is -2.41. The quantitative estimate of drug-likeness (QED) is 0.672. The fourth-order valence-electron chi connectivity index (χ4n) is 1.99. The molecule has 0 aromatic heterocycles. The minimum absolute atomic E-state index is 0.257. The van der Waals surface area contributed by atoms with Gasteiger partial charge in [-0.05, 0) is 57.4 Å². The van der Waals surface area contributed by atoms with Crippen molar-refractivity contribution in [2.45, 2.75) is 38.9 Å². The lowest BCUT2D eigenvalue weighted by atomic mass is 9.79. The highest BCUT2D eigenvalue weighted by molar-refractivity contribution is 9.10. The summed E-state index contributed by atoms with van der Waals surface area (Å²) in [5, 5.41) is 2.74. The van der Waals surface area contributed by atoms with Crippen LogP contribution in [-0.4, -0.2) is 24.2 Å². The maximum Gasteiger partial charge on any atom is 0.494 e. The molecular formula is C15H19BBrNO3. The van der Waals surface area contributed by atoms with E-state index in [4.69, 9.17) is 9.31 Å². The van der Waals surface area contributed by atoms with E-state index in [0.717, 1.165) is 9.94 Å². The summed E-state index contributed by atoms with van der Waals surface area (Å²) < 4.78 is 12.9. The van der Waals surface area contributed by atoms with Crippen molar-refractivity contribution in [2.75, 3.05) is 5.32 Å². The fraction of sp³-hybridized carbons (Fsp3) is 0.400. The molecule has 1 aliphatic rings. The van der Waals surface area contributed by atoms with Crippen LogP contribution in [0.15, 0.2) is 35.3 Å². The Morgan fingerprint density at radius 2 is 1.81 bits per heavy atom. The number of halogens is 1. The van der Waals surface area contributed by atoms with Crippen molar-refractivity contribution in [3.63, 3.8) is 0 Å². The molecule has 0 radical (unpaired) electrons. The minimum Gasteiger partial charge on any atom is -0.399 e. The molecule has 21 heavy (non-hydrogen) atoms. The second-order valence-corrected chi connectivity index (χ2v) is 6.97. The number of anilines is 1. The molecule has 1 saturated heterocycles. The molecule has 0 aliphatic carbocycles. The molecule has 0 atom stereocenters. The molecule has 4 nitrogen and oxygen atoms in total. The van der Waals surface area contributed by atoms with Crippen LogP contribution in [0.5, 0.6) is 0 Å². The molecule has 0 unspecified atom stereocenters. The Kier molecular flexibility index (Phi) is 4.33. The molecule has 112 valence electrons. The molecular weight excluding hydrogens is 333 g/mol. The van der Waals surface area contributed by atoms with Crippen molar-refractivity contribution in [3.05, 3.63) is 35.3 Å². The molecule has 1 fully saturated rings. The van der Waals surface area contributed by atoms with Crippen LogP contribution < -0.4 is 10.8 Å². The number of carbonyl (C=O) groups excluding carboxylic acids is 1. The molecule has 2 rings (SSSR count). The first-order chi connectivity index (χ1) is 9.64. The van der Waals surface area contributed by atoms with E-state index >= 15 is 0 Å². The van der Waals surface area contributed by atoms with E-state index in [0.29, 0.717) is 5.69 Å². The Balaban J connectivity index is 2.29. The Morgan fingerprint density at radius 3 is 2.33 bits per heavy atom. The lowest BCUT2D eigenvalue weighted by Gasteiger charge is -2.32. The zero-order valence-corrected chi connectivity index (χ0v) is 14.3. The third-order valence-corrected chi connectivity index (χ3v) is 4.36. The predicted octanol–water partition coefficient (Wildman–Crippen LogP) is 2.87. The van der Waals surface area contributed by atoms with Gasteiger partial charge in [0, 0.05) is 10.2 Å². The second-order valence-electron chi connectivity index (χ2n) is 6.05. The summed E-state index contributed by atoms with van der Waals surface area (Å²) in [5.41, 5.74) is 0.719. The SMILES string of the molecule is C=CC(=O)Nc1cc(Br)cc(B2OC(C)(C)C(C)(C)O2)c1. The van der Waals surface area contributed by atoms with E-state index < -0.39 is 18.3 Å². The first-order valence-electron chi connectivity index (χ1n) is 6.74. The van der Waals surface area contributed by atoms with Crippen LogP contribution in [-0.2, 0) is 14.1 Å². The van der Waals surface area contributed by atoms with Gasteiger partial charge in [-0.2, -0.15) is 0 Å². The van der Waals surface area contributed by atoms with E-state index in [1.165, 1.54) is 6.08 Å². The topological polar surface area (TPSA) is 47.6 Å². The van der Waals surface area contributed by atoms with E-state index in [-0.39, 0.29) is 5.91 Å². The lowest BCUT2D eigenvalue weighted by molar-refractivity contribution is -0.111. The summed E-state index contributed by atoms with van der Waals surface area (Å²) in [6, 6.07) is 5.58. The van der Waals surface area contributed by atoms with Gasteiger partial charge in [-0.25, -0.2) is 0 Å². The second kappa shape index (κ2) is 5.59. The van der Waals surface area contributed by atoms with Gasteiger partial charge in [-0.3, -0.25) is 4.79 Å². The van der Waals surface area contributed by atoms with Gasteiger partial charge < -0.3 is 14.6 Å². The fourth-order valence-corrected chi connectivity index (χ4v) is 2.50. The molecule has 0 saturated carbocycles. The van der Waals surface area contributed by atoms with Crippen LogP contribution in [0.2, 0.25) is 0 Å². The Morgan fingerprint density at radius 1 is 1.24 bits per heavy atom. The van der Waals surface area contributed by atoms with Crippen LogP contribution in [0.1, 0.15) is 27.7 Å². The Bertz CT molecular complexity index is 570. The zero-order chi connectivity index (χ0) is 15.8. The Hall–Kier alpha value is -1.11. The van der Waals surface area contributed by atoms with Crippen molar-refractivity contribution in [2.24, 2.45) is 0 Å². The van der Waals surface area contributed by atoms with Crippen LogP contribution in [0.3, 0.4) is 0 Å². The highest BCUT2D eigenvalue weighted by atomic mass is 79.9. The van der Waals surface area contributed by atoms with Crippen LogP contribution in [0.25, 0.3) is 0 Å². The summed E-state index contributed by atoms with van der Waals surface area (Å²) in [4.78, 5) is 11.4. The van der Waals surface area contributed by atoms with Gasteiger partial charge in [0.2, 0.25) is 5.91 Å². The van der Waals surface area contributed by atoms with Crippen LogP contribution in [0.4, 0.5) is 5.69 Å². The number of benzene rings is 1. The summed E-state index contributed by atoms with van der Waals surface area (Å²) in [7, 11) is -0.466. The van der Waals surface area contributed by atoms with Crippen molar-refractivity contribution >= 4 is 40.1 Å². The highest BCUT2D eigenvalue weighted by Crippen LogP contribution is 2.36. The van der Waals surface area contributed by atoms with E-state index in [1.807, 2.05) is 45.9 Å². The van der Waals surface area contributed by atoms with Crippen molar-refractivity contribution in [1.29, 1.82) is 0 Å². The van der Waals surface area contributed by atoms with Gasteiger partial charge in [-0.15, -0.1) is 0 Å². The highest BCUT2D eigenvalue weighted by Gasteiger charge is 2.51. The van der Waals surface area contributed by atoms with E-state index in [1.54, 1.807) is 0 Å². The smallest absolute Gasteiger partial charge is 0.399 e. The van der Waals surface area contributed by atoms with E-state index in [2.05, 4.69) is 27.8 Å². The average molecular weight is 352 g/mol. The summed E-state index contributed by atoms with van der Waals surface area (Å²) in [6.07, 6.45) is 1.23. The third kappa shape index (κ3) is 3.39. The minimum atomic E-state index is -0.466. The Labute approximate surface area is 134 Å². The first kappa shape index (κ1) is 16.3. The van der Waals surface area contributed by atoms with E-state index in [9.17, 15) is 4.79 Å². The number of hydrogen-bond donors (Lipinski definition) is 1. The monoisotopic (exact) mass is 351 g/mol. The number of rotatable bonds is 3. The van der Waals surface area contributed by atoms with Gasteiger partial charge in [0.05, 0.1) is 11.2 Å². The summed E-state index contributed by atoms with van der Waals surface area (Å²) in [5.74, 6) is -0.257. The van der Waals surface area contributed by atoms with Gasteiger partial charge >= 0.3 is 7.12 Å². The molecule has 6 heteroatoms. The molecule has 1 aliphatic heterocycles. The van der Waals surface area contributed by atoms with Crippen molar-refractivity contribution < 1.29 is 14.1 Å². The van der Waals surface area contributed by atoms with Gasteiger partial charge in [0.15, 0.2) is 0 Å².